The quantitative estimate of drug-likeness (QED) is 0.777. The van der Waals surface area contributed by atoms with Crippen LogP contribution in [0, 0.1) is 5.41 Å². The summed E-state index contributed by atoms with van der Waals surface area (Å²) >= 11 is 5.81. The predicted octanol–water partition coefficient (Wildman–Crippen LogP) is 2.02. The van der Waals surface area contributed by atoms with Crippen molar-refractivity contribution in [1.82, 2.24) is 9.62 Å². The first-order valence-corrected chi connectivity index (χ1v) is 9.76. The number of halogens is 2. The molecule has 1 aliphatic heterocycles. The number of carbonyl (C=O) groups excluding carboxylic acids is 1. The van der Waals surface area contributed by atoms with E-state index in [2.05, 4.69) is 4.72 Å². The molecule has 0 saturated carbocycles. The van der Waals surface area contributed by atoms with Crippen LogP contribution in [0.15, 0.2) is 29.2 Å². The first-order valence-electron chi connectivity index (χ1n) is 7.90. The second kappa shape index (κ2) is 8.68. The van der Waals surface area contributed by atoms with Gasteiger partial charge in [0.05, 0.1) is 4.90 Å². The summed E-state index contributed by atoms with van der Waals surface area (Å²) < 4.78 is 26.8. The van der Waals surface area contributed by atoms with Gasteiger partial charge >= 0.3 is 0 Å². The van der Waals surface area contributed by atoms with E-state index >= 15 is 0 Å². The summed E-state index contributed by atoms with van der Waals surface area (Å²) in [7, 11) is -3.67. The maximum absolute atomic E-state index is 12.3. The molecule has 1 atom stereocenters. The Morgan fingerprint density at radius 3 is 2.72 bits per heavy atom. The van der Waals surface area contributed by atoms with Gasteiger partial charge in [0.25, 0.3) is 0 Å². The number of carbonyl (C=O) groups is 1. The molecule has 3 N–H and O–H groups in total. The maximum Gasteiger partial charge on any atom is 0.240 e. The number of hydrogen-bond acceptors (Lipinski definition) is 4. The van der Waals surface area contributed by atoms with Crippen LogP contribution in [0.1, 0.15) is 26.7 Å². The van der Waals surface area contributed by atoms with E-state index in [1.165, 1.54) is 12.1 Å². The summed E-state index contributed by atoms with van der Waals surface area (Å²) in [6, 6.07) is 6.08. The Labute approximate surface area is 160 Å². The number of hydrogen-bond donors (Lipinski definition) is 2. The molecule has 1 saturated heterocycles. The molecular formula is C16H25Cl2N3O3S. The van der Waals surface area contributed by atoms with E-state index in [1.807, 2.05) is 13.8 Å². The average Bonchev–Trinajstić information content (AvgIpc) is 2.49. The molecule has 1 aliphatic rings. The molecule has 25 heavy (non-hydrogen) atoms. The Balaban J connectivity index is 0.00000312. The Kier molecular flexibility index (Phi) is 7.71. The summed E-state index contributed by atoms with van der Waals surface area (Å²) in [5.41, 5.74) is 5.94. The lowest BCUT2D eigenvalue weighted by atomic mass is 9.79. The average molecular weight is 410 g/mol. The molecule has 1 aromatic carbocycles. The molecule has 0 bridgehead atoms. The molecule has 1 aromatic rings. The van der Waals surface area contributed by atoms with Crippen LogP contribution in [0.2, 0.25) is 5.02 Å². The summed E-state index contributed by atoms with van der Waals surface area (Å²) in [5.74, 6) is -0.0660. The fourth-order valence-corrected chi connectivity index (χ4v) is 4.09. The van der Waals surface area contributed by atoms with Gasteiger partial charge in [0, 0.05) is 37.1 Å². The zero-order valence-corrected chi connectivity index (χ0v) is 16.8. The minimum absolute atomic E-state index is 0. The highest BCUT2D eigenvalue weighted by Crippen LogP contribution is 2.27. The number of amides is 1. The predicted molar refractivity (Wildman–Crippen MR) is 101 cm³/mol. The van der Waals surface area contributed by atoms with Gasteiger partial charge in [-0.15, -0.1) is 12.4 Å². The smallest absolute Gasteiger partial charge is 0.240 e. The molecule has 1 unspecified atom stereocenters. The Morgan fingerprint density at radius 1 is 1.44 bits per heavy atom. The van der Waals surface area contributed by atoms with Gasteiger partial charge in [-0.2, -0.15) is 0 Å². The lowest BCUT2D eigenvalue weighted by Crippen LogP contribution is -2.54. The van der Waals surface area contributed by atoms with E-state index in [4.69, 9.17) is 17.3 Å². The first-order chi connectivity index (χ1) is 11.1. The zero-order chi connectivity index (χ0) is 18.0. The van der Waals surface area contributed by atoms with Gasteiger partial charge < -0.3 is 10.6 Å². The van der Waals surface area contributed by atoms with E-state index in [-0.39, 0.29) is 47.6 Å². The van der Waals surface area contributed by atoms with E-state index in [9.17, 15) is 13.2 Å². The SMILES string of the molecule is CC1(C)CN(C(=O)CCNS(=O)(=O)c2cccc(Cl)c2)CCC1N.Cl. The van der Waals surface area contributed by atoms with Gasteiger partial charge in [-0.3, -0.25) is 4.79 Å². The van der Waals surface area contributed by atoms with Gasteiger partial charge in [-0.25, -0.2) is 13.1 Å². The number of nitrogens with one attached hydrogen (secondary N) is 1. The Bertz CT molecular complexity index is 710. The molecule has 0 aromatic heterocycles. The van der Waals surface area contributed by atoms with Crippen molar-refractivity contribution in [3.63, 3.8) is 0 Å². The largest absolute Gasteiger partial charge is 0.342 e. The van der Waals surface area contributed by atoms with Crippen molar-refractivity contribution >= 4 is 39.9 Å². The third-order valence-corrected chi connectivity index (χ3v) is 6.10. The molecule has 9 heteroatoms. The molecule has 0 radical (unpaired) electrons. The van der Waals surface area contributed by atoms with Gasteiger partial charge in [0.1, 0.15) is 0 Å². The molecule has 142 valence electrons. The third-order valence-electron chi connectivity index (χ3n) is 4.40. The summed E-state index contributed by atoms with van der Waals surface area (Å²) in [4.78, 5) is 14.1. The molecule has 2 rings (SSSR count). The number of sulfonamides is 1. The number of likely N-dealkylation sites (tertiary alicyclic amines) is 1. The number of rotatable bonds is 5. The number of benzene rings is 1. The fourth-order valence-electron chi connectivity index (χ4n) is 2.75. The van der Waals surface area contributed by atoms with Gasteiger partial charge in [-0.1, -0.05) is 31.5 Å². The first kappa shape index (κ1) is 22.2. The van der Waals surface area contributed by atoms with E-state index in [1.54, 1.807) is 17.0 Å². The highest BCUT2D eigenvalue weighted by atomic mass is 35.5. The maximum atomic E-state index is 12.3. The second-order valence-electron chi connectivity index (χ2n) is 6.80. The monoisotopic (exact) mass is 409 g/mol. The lowest BCUT2D eigenvalue weighted by molar-refractivity contribution is -0.134. The van der Waals surface area contributed by atoms with E-state index in [0.717, 1.165) is 6.42 Å². The van der Waals surface area contributed by atoms with Crippen molar-refractivity contribution in [2.45, 2.75) is 37.6 Å². The van der Waals surface area contributed by atoms with Crippen LogP contribution >= 0.6 is 24.0 Å². The molecule has 1 amide bonds. The minimum atomic E-state index is -3.67. The fraction of sp³-hybridized carbons (Fsp3) is 0.562. The topological polar surface area (TPSA) is 92.5 Å². The van der Waals surface area contributed by atoms with Crippen molar-refractivity contribution in [3.05, 3.63) is 29.3 Å². The molecule has 1 heterocycles. The highest BCUT2D eigenvalue weighted by molar-refractivity contribution is 7.89. The third kappa shape index (κ3) is 5.82. The lowest BCUT2D eigenvalue weighted by Gasteiger charge is -2.42. The van der Waals surface area contributed by atoms with Crippen LogP contribution in [-0.2, 0) is 14.8 Å². The van der Waals surface area contributed by atoms with Crippen molar-refractivity contribution in [2.75, 3.05) is 19.6 Å². The summed E-state index contributed by atoms with van der Waals surface area (Å²) in [5, 5.41) is 0.348. The van der Waals surface area contributed by atoms with Crippen LogP contribution in [0.25, 0.3) is 0 Å². The molecule has 0 spiro atoms. The van der Waals surface area contributed by atoms with Crippen LogP contribution < -0.4 is 10.5 Å². The van der Waals surface area contributed by atoms with Gasteiger partial charge in [-0.05, 0) is 30.0 Å². The Hall–Kier alpha value is -0.860. The standard InChI is InChI=1S/C16H24ClN3O3S.ClH/c1-16(2)11-20(9-7-14(16)18)15(21)6-8-19-24(22,23)13-5-3-4-12(17)10-13;/h3-5,10,14,19H,6-9,11,18H2,1-2H3;1H. The summed E-state index contributed by atoms with van der Waals surface area (Å²) in [6.45, 7) is 5.34. The molecule has 6 nitrogen and oxygen atoms in total. The van der Waals surface area contributed by atoms with Crippen molar-refractivity contribution in [2.24, 2.45) is 11.1 Å². The van der Waals surface area contributed by atoms with E-state index < -0.39 is 10.0 Å². The second-order valence-corrected chi connectivity index (χ2v) is 9.01. The van der Waals surface area contributed by atoms with Gasteiger partial charge in [0.2, 0.25) is 15.9 Å². The summed E-state index contributed by atoms with van der Waals surface area (Å²) in [6.07, 6.45) is 0.873. The van der Waals surface area contributed by atoms with Crippen molar-refractivity contribution in [1.29, 1.82) is 0 Å². The molecule has 1 fully saturated rings. The Morgan fingerprint density at radius 2 is 2.12 bits per heavy atom. The van der Waals surface area contributed by atoms with Crippen LogP contribution in [0.3, 0.4) is 0 Å². The minimum Gasteiger partial charge on any atom is -0.342 e. The molecular weight excluding hydrogens is 385 g/mol. The molecule has 0 aliphatic carbocycles. The van der Waals surface area contributed by atoms with Crippen molar-refractivity contribution < 1.29 is 13.2 Å². The van der Waals surface area contributed by atoms with Crippen LogP contribution in [-0.4, -0.2) is 44.9 Å². The number of nitrogens with two attached hydrogens (primary N) is 1. The van der Waals surface area contributed by atoms with E-state index in [0.29, 0.717) is 18.1 Å². The van der Waals surface area contributed by atoms with Gasteiger partial charge in [0.15, 0.2) is 0 Å². The zero-order valence-electron chi connectivity index (χ0n) is 14.4. The number of nitrogens with zero attached hydrogens (tertiary/aromatic N) is 1. The van der Waals surface area contributed by atoms with Crippen molar-refractivity contribution in [3.8, 4) is 0 Å². The van der Waals surface area contributed by atoms with Crippen LogP contribution in [0.5, 0.6) is 0 Å². The number of piperidine rings is 1. The normalized spacial score (nSPS) is 20.0. The highest BCUT2D eigenvalue weighted by Gasteiger charge is 2.35. The van der Waals surface area contributed by atoms with Crippen LogP contribution in [0.4, 0.5) is 0 Å².